The molecule has 0 fully saturated rings. The van der Waals surface area contributed by atoms with Crippen LogP contribution in [0.5, 0.6) is 5.75 Å². The van der Waals surface area contributed by atoms with E-state index in [1.165, 1.54) is 45.7 Å². The molecule has 2 aromatic carbocycles. The highest BCUT2D eigenvalue weighted by atomic mass is 32.1. The topological polar surface area (TPSA) is 76.4 Å². The van der Waals surface area contributed by atoms with E-state index < -0.39 is 6.36 Å². The minimum absolute atomic E-state index is 0.303. The van der Waals surface area contributed by atoms with E-state index in [0.717, 1.165) is 11.1 Å². The molecule has 4 rings (SSSR count). The maximum Gasteiger partial charge on any atom is 0.573 e. The molecule has 0 amide bonds. The fourth-order valence-electron chi connectivity index (χ4n) is 2.99. The summed E-state index contributed by atoms with van der Waals surface area (Å²) in [5, 5.41) is 14.1. The van der Waals surface area contributed by atoms with Gasteiger partial charge in [0.15, 0.2) is 10.9 Å². The summed E-state index contributed by atoms with van der Waals surface area (Å²) < 4.78 is 42.3. The number of nitrogens with one attached hydrogen (secondary N) is 2. The summed E-state index contributed by atoms with van der Waals surface area (Å²) in [7, 11) is 0. The van der Waals surface area contributed by atoms with Crippen LogP contribution in [0.4, 0.5) is 13.2 Å². The molecule has 0 unspecified atom stereocenters. The van der Waals surface area contributed by atoms with Gasteiger partial charge in [0.05, 0.1) is 18.4 Å². The van der Waals surface area contributed by atoms with Gasteiger partial charge in [-0.05, 0) is 66.0 Å². The van der Waals surface area contributed by atoms with Gasteiger partial charge >= 0.3 is 6.36 Å². The second-order valence-electron chi connectivity index (χ2n) is 7.26. The maximum atomic E-state index is 12.3. The number of hydrazone groups is 1. The highest BCUT2D eigenvalue weighted by Crippen LogP contribution is 2.24. The molecule has 0 bridgehead atoms. The number of ether oxygens (including phenoxy) is 1. The van der Waals surface area contributed by atoms with E-state index in [4.69, 9.17) is 12.2 Å². The van der Waals surface area contributed by atoms with Crippen LogP contribution in [-0.4, -0.2) is 32.5 Å². The van der Waals surface area contributed by atoms with Crippen LogP contribution in [0.25, 0.3) is 17.1 Å². The molecule has 2 N–H and O–H groups in total. The standard InChI is InChI=1S/C23H19F3N6OS2/c1-15-10-11-35-20(15)13-27-22(34)30-29-12-16-2-4-17(5-3-16)21-28-14-32(31-21)18-6-8-19(9-7-18)33-23(24,25)26/h2-12,14H,13H2,1H3,(H2,27,30,34). The molecular formula is C23H19F3N6OS2. The Morgan fingerprint density at radius 2 is 1.89 bits per heavy atom. The molecule has 12 heteroatoms. The molecule has 35 heavy (non-hydrogen) atoms. The quantitative estimate of drug-likeness (QED) is 0.200. The van der Waals surface area contributed by atoms with Crippen molar-refractivity contribution in [2.24, 2.45) is 5.10 Å². The fraction of sp³-hybridized carbons (Fsp3) is 0.130. The Hall–Kier alpha value is -3.77. The van der Waals surface area contributed by atoms with Crippen LogP contribution in [0.15, 0.2) is 71.4 Å². The van der Waals surface area contributed by atoms with Crippen molar-refractivity contribution in [1.29, 1.82) is 0 Å². The number of alkyl halides is 3. The molecule has 0 spiro atoms. The van der Waals surface area contributed by atoms with E-state index >= 15 is 0 Å². The van der Waals surface area contributed by atoms with Crippen LogP contribution in [0.2, 0.25) is 0 Å². The normalized spacial score (nSPS) is 11.5. The lowest BCUT2D eigenvalue weighted by atomic mass is 10.1. The van der Waals surface area contributed by atoms with Gasteiger partial charge in [-0.2, -0.15) is 5.10 Å². The summed E-state index contributed by atoms with van der Waals surface area (Å²) in [6.07, 6.45) is -1.61. The number of hydrogen-bond acceptors (Lipinski definition) is 6. The lowest BCUT2D eigenvalue weighted by Gasteiger charge is -2.09. The second kappa shape index (κ2) is 10.7. The number of aromatic nitrogens is 3. The molecule has 0 aliphatic heterocycles. The van der Waals surface area contributed by atoms with E-state index in [1.54, 1.807) is 17.6 Å². The van der Waals surface area contributed by atoms with Crippen LogP contribution >= 0.6 is 23.6 Å². The SMILES string of the molecule is Cc1ccsc1CNC(=S)NN=Cc1ccc(-c2ncn(-c3ccc(OC(F)(F)F)cc3)n2)cc1. The predicted molar refractivity (Wildman–Crippen MR) is 133 cm³/mol. The van der Waals surface area contributed by atoms with Crippen molar-refractivity contribution in [3.63, 3.8) is 0 Å². The summed E-state index contributed by atoms with van der Waals surface area (Å²) in [4.78, 5) is 5.50. The van der Waals surface area contributed by atoms with E-state index in [9.17, 15) is 13.2 Å². The molecular weight excluding hydrogens is 497 g/mol. The first-order chi connectivity index (χ1) is 16.8. The highest BCUT2D eigenvalue weighted by molar-refractivity contribution is 7.80. The average molecular weight is 517 g/mol. The number of halogens is 3. The minimum atomic E-state index is -4.74. The zero-order valence-electron chi connectivity index (χ0n) is 18.3. The molecule has 0 radical (unpaired) electrons. The number of thiocarbonyl (C=S) groups is 1. The molecule has 0 atom stereocenters. The third-order valence-electron chi connectivity index (χ3n) is 4.75. The Morgan fingerprint density at radius 1 is 1.14 bits per heavy atom. The van der Waals surface area contributed by atoms with E-state index in [0.29, 0.717) is 23.2 Å². The van der Waals surface area contributed by atoms with Gasteiger partial charge in [0.1, 0.15) is 12.1 Å². The smallest absolute Gasteiger partial charge is 0.406 e. The summed E-state index contributed by atoms with van der Waals surface area (Å²) in [5.74, 6) is 0.166. The Bertz CT molecular complexity index is 1310. The zero-order valence-corrected chi connectivity index (χ0v) is 19.9. The third-order valence-corrected chi connectivity index (χ3v) is 6.01. The number of thiophene rings is 1. The van der Waals surface area contributed by atoms with Crippen molar-refractivity contribution < 1.29 is 17.9 Å². The third kappa shape index (κ3) is 6.87. The Labute approximate surface area is 208 Å². The Balaban J connectivity index is 1.32. The van der Waals surface area contributed by atoms with Crippen molar-refractivity contribution >= 4 is 34.9 Å². The van der Waals surface area contributed by atoms with Gasteiger partial charge in [0, 0.05) is 10.4 Å². The second-order valence-corrected chi connectivity index (χ2v) is 8.66. The van der Waals surface area contributed by atoms with Crippen LogP contribution in [0, 0.1) is 6.92 Å². The van der Waals surface area contributed by atoms with E-state index in [-0.39, 0.29) is 5.75 Å². The van der Waals surface area contributed by atoms with Crippen LogP contribution in [0.1, 0.15) is 16.0 Å². The van der Waals surface area contributed by atoms with E-state index in [2.05, 4.69) is 43.7 Å². The van der Waals surface area contributed by atoms with Gasteiger partial charge in [0.25, 0.3) is 0 Å². The number of rotatable bonds is 7. The number of hydrogen-bond donors (Lipinski definition) is 2. The van der Waals surface area contributed by atoms with E-state index in [1.807, 2.05) is 29.6 Å². The lowest BCUT2D eigenvalue weighted by Crippen LogP contribution is -2.31. The number of benzene rings is 2. The van der Waals surface area contributed by atoms with Crippen LogP contribution < -0.4 is 15.5 Å². The molecule has 4 aromatic rings. The summed E-state index contributed by atoms with van der Waals surface area (Å²) in [6, 6.07) is 14.8. The van der Waals surface area contributed by atoms with Gasteiger partial charge in [-0.1, -0.05) is 24.3 Å². The lowest BCUT2D eigenvalue weighted by molar-refractivity contribution is -0.274. The first kappa shape index (κ1) is 24.4. The van der Waals surface area contributed by atoms with Gasteiger partial charge in [-0.3, -0.25) is 5.43 Å². The zero-order chi connectivity index (χ0) is 24.8. The molecule has 0 aliphatic carbocycles. The Kier molecular flexibility index (Phi) is 7.42. The minimum Gasteiger partial charge on any atom is -0.406 e. The van der Waals surface area contributed by atoms with Gasteiger partial charge in [-0.15, -0.1) is 29.6 Å². The van der Waals surface area contributed by atoms with Gasteiger partial charge < -0.3 is 10.1 Å². The molecule has 2 heterocycles. The molecule has 0 saturated heterocycles. The Morgan fingerprint density at radius 3 is 2.54 bits per heavy atom. The number of nitrogens with zero attached hydrogens (tertiary/aromatic N) is 4. The summed E-state index contributed by atoms with van der Waals surface area (Å²) in [6.45, 7) is 2.70. The first-order valence-electron chi connectivity index (χ1n) is 10.2. The first-order valence-corrected chi connectivity index (χ1v) is 11.5. The largest absolute Gasteiger partial charge is 0.573 e. The molecule has 2 aromatic heterocycles. The average Bonchev–Trinajstić information content (AvgIpc) is 3.47. The molecule has 0 aliphatic rings. The van der Waals surface area contributed by atoms with Crippen molar-refractivity contribution in [1.82, 2.24) is 25.5 Å². The van der Waals surface area contributed by atoms with Crippen LogP contribution in [0.3, 0.4) is 0 Å². The predicted octanol–water partition coefficient (Wildman–Crippen LogP) is 5.20. The van der Waals surface area contributed by atoms with Gasteiger partial charge in [-0.25, -0.2) is 9.67 Å². The highest BCUT2D eigenvalue weighted by Gasteiger charge is 2.31. The summed E-state index contributed by atoms with van der Waals surface area (Å²) in [5.41, 5.74) is 6.18. The monoisotopic (exact) mass is 516 g/mol. The fourth-order valence-corrected chi connectivity index (χ4v) is 3.96. The molecule has 7 nitrogen and oxygen atoms in total. The van der Waals surface area contributed by atoms with Crippen molar-refractivity contribution in [2.75, 3.05) is 0 Å². The van der Waals surface area contributed by atoms with Crippen LogP contribution in [-0.2, 0) is 6.54 Å². The molecule has 0 saturated carbocycles. The maximum absolute atomic E-state index is 12.3. The number of aryl methyl sites for hydroxylation is 1. The van der Waals surface area contributed by atoms with Crippen molar-refractivity contribution in [3.05, 3.63) is 82.3 Å². The van der Waals surface area contributed by atoms with Crippen molar-refractivity contribution in [3.8, 4) is 22.8 Å². The van der Waals surface area contributed by atoms with Crippen molar-refractivity contribution in [2.45, 2.75) is 19.8 Å². The molecule has 180 valence electrons. The van der Waals surface area contributed by atoms with Gasteiger partial charge in [0.2, 0.25) is 0 Å². The summed E-state index contributed by atoms with van der Waals surface area (Å²) >= 11 is 6.91.